The molecule has 1 aliphatic rings. The lowest BCUT2D eigenvalue weighted by Crippen LogP contribution is -2.39. The number of nitrogens with zero attached hydrogens (tertiary/aromatic N) is 1. The van der Waals surface area contributed by atoms with Gasteiger partial charge in [0.1, 0.15) is 6.04 Å². The summed E-state index contributed by atoms with van der Waals surface area (Å²) >= 11 is 0. The Kier molecular flexibility index (Phi) is 3.24. The fourth-order valence-corrected chi connectivity index (χ4v) is 1.03. The lowest BCUT2D eigenvalue weighted by Gasteiger charge is -2.06. The second-order valence-electron chi connectivity index (χ2n) is 2.61. The van der Waals surface area contributed by atoms with Gasteiger partial charge in [-0.2, -0.15) is 0 Å². The summed E-state index contributed by atoms with van der Waals surface area (Å²) in [5.74, 6) is -0.421. The standard InChI is InChI=1S/C7H11N3O3/c1-13-4-8-10-7(12)5-2-3-6(11)9-5/h4-5H,2-3H2,1H3,(H,9,11)(H,10,12)/b8-4-. The first kappa shape index (κ1) is 9.50. The van der Waals surface area contributed by atoms with Crippen LogP contribution in [0.3, 0.4) is 0 Å². The zero-order valence-corrected chi connectivity index (χ0v) is 7.24. The summed E-state index contributed by atoms with van der Waals surface area (Å²) in [5, 5.41) is 5.98. The molecule has 1 rings (SSSR count). The molecule has 0 radical (unpaired) electrons. The number of methoxy groups -OCH3 is 1. The first-order chi connectivity index (χ1) is 6.24. The van der Waals surface area contributed by atoms with E-state index in [-0.39, 0.29) is 11.8 Å². The highest BCUT2D eigenvalue weighted by molar-refractivity contribution is 5.90. The summed E-state index contributed by atoms with van der Waals surface area (Å²) in [6.45, 7) is 0. The van der Waals surface area contributed by atoms with Gasteiger partial charge in [-0.1, -0.05) is 0 Å². The molecule has 6 heteroatoms. The van der Waals surface area contributed by atoms with Gasteiger partial charge in [-0.25, -0.2) is 5.43 Å². The minimum Gasteiger partial charge on any atom is -0.485 e. The molecule has 72 valence electrons. The molecule has 6 nitrogen and oxygen atoms in total. The van der Waals surface area contributed by atoms with Crippen LogP contribution in [0.5, 0.6) is 0 Å². The maximum atomic E-state index is 11.2. The van der Waals surface area contributed by atoms with E-state index in [1.165, 1.54) is 7.11 Å². The molecule has 0 aliphatic carbocycles. The number of nitrogens with one attached hydrogen (secondary N) is 2. The molecule has 1 atom stereocenters. The van der Waals surface area contributed by atoms with E-state index in [1.807, 2.05) is 0 Å². The quantitative estimate of drug-likeness (QED) is 0.335. The molecule has 0 aromatic heterocycles. The number of ether oxygens (including phenoxy) is 1. The van der Waals surface area contributed by atoms with Gasteiger partial charge in [0, 0.05) is 6.42 Å². The topological polar surface area (TPSA) is 79.8 Å². The normalized spacial score (nSPS) is 21.6. The van der Waals surface area contributed by atoms with Crippen molar-refractivity contribution in [2.24, 2.45) is 5.10 Å². The summed E-state index contributed by atoms with van der Waals surface area (Å²) in [5.41, 5.74) is 2.24. The van der Waals surface area contributed by atoms with E-state index in [1.54, 1.807) is 0 Å². The molecular weight excluding hydrogens is 174 g/mol. The van der Waals surface area contributed by atoms with Crippen LogP contribution >= 0.6 is 0 Å². The van der Waals surface area contributed by atoms with Crippen LogP contribution in [-0.4, -0.2) is 31.4 Å². The molecule has 2 amide bonds. The monoisotopic (exact) mass is 185 g/mol. The Bertz CT molecular complexity index is 239. The van der Waals surface area contributed by atoms with Crippen LogP contribution in [0.25, 0.3) is 0 Å². The molecule has 1 saturated heterocycles. The van der Waals surface area contributed by atoms with Gasteiger partial charge in [0.15, 0.2) is 6.40 Å². The number of carbonyl (C=O) groups is 2. The van der Waals surface area contributed by atoms with Gasteiger partial charge in [-0.15, -0.1) is 5.10 Å². The average molecular weight is 185 g/mol. The molecule has 0 bridgehead atoms. The lowest BCUT2D eigenvalue weighted by atomic mass is 10.2. The third-order valence-electron chi connectivity index (χ3n) is 1.64. The summed E-state index contributed by atoms with van der Waals surface area (Å²) in [7, 11) is 1.42. The van der Waals surface area contributed by atoms with Crippen LogP contribution in [0.15, 0.2) is 5.10 Å². The minimum absolute atomic E-state index is 0.101. The molecule has 0 saturated carbocycles. The third-order valence-corrected chi connectivity index (χ3v) is 1.64. The molecule has 0 aromatic carbocycles. The van der Waals surface area contributed by atoms with Crippen molar-refractivity contribution in [3.05, 3.63) is 0 Å². The smallest absolute Gasteiger partial charge is 0.262 e. The Morgan fingerprint density at radius 2 is 2.62 bits per heavy atom. The predicted molar refractivity (Wildman–Crippen MR) is 44.8 cm³/mol. The molecule has 1 aliphatic heterocycles. The van der Waals surface area contributed by atoms with E-state index >= 15 is 0 Å². The summed E-state index contributed by atoms with van der Waals surface area (Å²) < 4.78 is 4.48. The molecule has 13 heavy (non-hydrogen) atoms. The number of hydrogen-bond acceptors (Lipinski definition) is 4. The highest BCUT2D eigenvalue weighted by Crippen LogP contribution is 2.05. The van der Waals surface area contributed by atoms with E-state index < -0.39 is 6.04 Å². The molecule has 1 unspecified atom stereocenters. The Morgan fingerprint density at radius 3 is 3.15 bits per heavy atom. The Hall–Kier alpha value is -1.59. The Labute approximate surface area is 75.3 Å². The van der Waals surface area contributed by atoms with Crippen LogP contribution in [0.2, 0.25) is 0 Å². The number of carbonyl (C=O) groups excluding carboxylic acids is 2. The summed E-state index contributed by atoms with van der Waals surface area (Å²) in [4.78, 5) is 21.9. The van der Waals surface area contributed by atoms with Crippen LogP contribution in [0, 0.1) is 0 Å². The molecule has 0 aromatic rings. The van der Waals surface area contributed by atoms with Crippen molar-refractivity contribution < 1.29 is 14.3 Å². The first-order valence-corrected chi connectivity index (χ1v) is 3.87. The lowest BCUT2D eigenvalue weighted by molar-refractivity contribution is -0.125. The zero-order chi connectivity index (χ0) is 9.68. The SMILES string of the molecule is CO/C=N\NC(=O)C1CCC(=O)N1. The highest BCUT2D eigenvalue weighted by Gasteiger charge is 2.26. The van der Waals surface area contributed by atoms with Crippen molar-refractivity contribution >= 4 is 18.2 Å². The zero-order valence-electron chi connectivity index (χ0n) is 7.24. The molecular formula is C7H11N3O3. The van der Waals surface area contributed by atoms with Crippen molar-refractivity contribution in [2.75, 3.05) is 7.11 Å². The fourth-order valence-electron chi connectivity index (χ4n) is 1.03. The number of rotatable bonds is 3. The van der Waals surface area contributed by atoms with Gasteiger partial charge in [0.25, 0.3) is 5.91 Å². The van der Waals surface area contributed by atoms with Crippen molar-refractivity contribution in [1.29, 1.82) is 0 Å². The average Bonchev–Trinajstić information content (AvgIpc) is 2.52. The second-order valence-corrected chi connectivity index (χ2v) is 2.61. The van der Waals surface area contributed by atoms with E-state index in [4.69, 9.17) is 0 Å². The third kappa shape index (κ3) is 2.73. The van der Waals surface area contributed by atoms with Gasteiger partial charge in [0.2, 0.25) is 5.91 Å². The summed E-state index contributed by atoms with van der Waals surface area (Å²) in [6, 6.07) is -0.457. The van der Waals surface area contributed by atoms with E-state index in [0.29, 0.717) is 12.8 Å². The number of hydrazone groups is 1. The largest absolute Gasteiger partial charge is 0.485 e. The highest BCUT2D eigenvalue weighted by atomic mass is 16.5. The van der Waals surface area contributed by atoms with E-state index in [9.17, 15) is 9.59 Å². The van der Waals surface area contributed by atoms with E-state index in [0.717, 1.165) is 6.40 Å². The van der Waals surface area contributed by atoms with Crippen LogP contribution in [0.4, 0.5) is 0 Å². The maximum absolute atomic E-state index is 11.2. The molecule has 0 spiro atoms. The van der Waals surface area contributed by atoms with Crippen molar-refractivity contribution in [2.45, 2.75) is 18.9 Å². The van der Waals surface area contributed by atoms with Gasteiger partial charge >= 0.3 is 0 Å². The fraction of sp³-hybridized carbons (Fsp3) is 0.571. The Morgan fingerprint density at radius 1 is 1.85 bits per heavy atom. The first-order valence-electron chi connectivity index (χ1n) is 3.87. The van der Waals surface area contributed by atoms with Gasteiger partial charge in [0.05, 0.1) is 7.11 Å². The van der Waals surface area contributed by atoms with Crippen molar-refractivity contribution in [1.82, 2.24) is 10.7 Å². The van der Waals surface area contributed by atoms with Crippen LogP contribution in [0.1, 0.15) is 12.8 Å². The van der Waals surface area contributed by atoms with Crippen molar-refractivity contribution in [3.63, 3.8) is 0 Å². The number of hydrogen-bond donors (Lipinski definition) is 2. The van der Waals surface area contributed by atoms with Gasteiger partial charge in [-0.3, -0.25) is 9.59 Å². The molecule has 1 heterocycles. The second kappa shape index (κ2) is 4.44. The van der Waals surface area contributed by atoms with Crippen molar-refractivity contribution in [3.8, 4) is 0 Å². The summed E-state index contributed by atoms with van der Waals surface area (Å²) in [6.07, 6.45) is 2.02. The van der Waals surface area contributed by atoms with E-state index in [2.05, 4.69) is 20.6 Å². The number of amides is 2. The molecule has 2 N–H and O–H groups in total. The van der Waals surface area contributed by atoms with Crippen LogP contribution < -0.4 is 10.7 Å². The predicted octanol–water partition coefficient (Wildman–Crippen LogP) is -1.03. The maximum Gasteiger partial charge on any atom is 0.262 e. The van der Waals surface area contributed by atoms with Crippen LogP contribution in [-0.2, 0) is 14.3 Å². The van der Waals surface area contributed by atoms with Gasteiger partial charge in [-0.05, 0) is 6.42 Å². The Balaban J connectivity index is 2.31. The minimum atomic E-state index is -0.457. The molecule has 1 fully saturated rings. The van der Waals surface area contributed by atoms with Gasteiger partial charge < -0.3 is 10.1 Å².